The molecule has 1 saturated carbocycles. The highest BCUT2D eigenvalue weighted by atomic mass is 19.4. The first-order valence-electron chi connectivity index (χ1n) is 6.98. The predicted molar refractivity (Wildman–Crippen MR) is 69.3 cm³/mol. The zero-order valence-corrected chi connectivity index (χ0v) is 11.2. The van der Waals surface area contributed by atoms with Crippen molar-refractivity contribution in [2.24, 2.45) is 0 Å². The Balaban J connectivity index is 1.71. The molecule has 0 bridgehead atoms. The van der Waals surface area contributed by atoms with E-state index in [4.69, 9.17) is 0 Å². The Kier molecular flexibility index (Phi) is 3.29. The second-order valence-corrected chi connectivity index (χ2v) is 6.05. The van der Waals surface area contributed by atoms with Crippen LogP contribution in [0.2, 0.25) is 0 Å². The Morgan fingerprint density at radius 3 is 2.70 bits per heavy atom. The van der Waals surface area contributed by atoms with Gasteiger partial charge in [-0.15, -0.1) is 0 Å². The van der Waals surface area contributed by atoms with E-state index in [1.54, 1.807) is 6.07 Å². The Hall–Kier alpha value is -1.07. The molecular weight excluding hydrogens is 267 g/mol. The fourth-order valence-corrected chi connectivity index (χ4v) is 3.02. The van der Waals surface area contributed by atoms with E-state index in [0.717, 1.165) is 18.7 Å². The molecule has 110 valence electrons. The number of rotatable bonds is 3. The van der Waals surface area contributed by atoms with Crippen LogP contribution in [0.15, 0.2) is 24.3 Å². The maximum absolute atomic E-state index is 12.7. The molecule has 0 aromatic heterocycles. The maximum atomic E-state index is 12.7. The van der Waals surface area contributed by atoms with Crippen LogP contribution in [0.5, 0.6) is 0 Å². The van der Waals surface area contributed by atoms with Gasteiger partial charge in [0, 0.05) is 25.6 Å². The lowest BCUT2D eigenvalue weighted by molar-refractivity contribution is -0.137. The van der Waals surface area contributed by atoms with Gasteiger partial charge < -0.3 is 5.11 Å². The third kappa shape index (κ3) is 2.99. The summed E-state index contributed by atoms with van der Waals surface area (Å²) in [6, 6.07) is 5.88. The summed E-state index contributed by atoms with van der Waals surface area (Å²) in [6.45, 7) is 1.42. The number of benzene rings is 1. The Morgan fingerprint density at radius 1 is 1.30 bits per heavy atom. The van der Waals surface area contributed by atoms with Crippen LogP contribution in [-0.4, -0.2) is 34.7 Å². The lowest BCUT2D eigenvalue weighted by Gasteiger charge is -2.24. The van der Waals surface area contributed by atoms with E-state index in [0.29, 0.717) is 31.0 Å². The molecule has 3 rings (SSSR count). The first kappa shape index (κ1) is 13.9. The lowest BCUT2D eigenvalue weighted by Crippen LogP contribution is -2.36. The molecule has 5 heteroatoms. The summed E-state index contributed by atoms with van der Waals surface area (Å²) in [4.78, 5) is 2.26. The van der Waals surface area contributed by atoms with Crippen molar-refractivity contribution in [1.29, 1.82) is 0 Å². The van der Waals surface area contributed by atoms with Gasteiger partial charge in [0.1, 0.15) is 0 Å². The monoisotopic (exact) mass is 285 g/mol. The zero-order valence-electron chi connectivity index (χ0n) is 11.2. The van der Waals surface area contributed by atoms with Crippen LogP contribution in [0.25, 0.3) is 0 Å². The number of nitrogens with zero attached hydrogens (tertiary/aromatic N) is 1. The number of aliphatic hydroxyl groups is 1. The molecule has 1 N–H and O–H groups in total. The maximum Gasteiger partial charge on any atom is 0.416 e. The average Bonchev–Trinajstić information content (AvgIpc) is 3.13. The second-order valence-electron chi connectivity index (χ2n) is 6.05. The molecule has 1 saturated heterocycles. The van der Waals surface area contributed by atoms with E-state index in [-0.39, 0.29) is 0 Å². The van der Waals surface area contributed by atoms with Crippen LogP contribution in [0.4, 0.5) is 13.2 Å². The predicted octanol–water partition coefficient (Wildman–Crippen LogP) is 2.85. The van der Waals surface area contributed by atoms with Crippen LogP contribution >= 0.6 is 0 Å². The number of alkyl halides is 3. The zero-order chi connectivity index (χ0) is 14.4. The minimum atomic E-state index is -4.33. The van der Waals surface area contributed by atoms with Crippen LogP contribution in [0.1, 0.15) is 30.4 Å². The molecule has 1 aliphatic heterocycles. The van der Waals surface area contributed by atoms with Crippen molar-refractivity contribution < 1.29 is 18.3 Å². The molecule has 1 aromatic rings. The van der Waals surface area contributed by atoms with Gasteiger partial charge in [-0.05, 0) is 30.9 Å². The molecular formula is C15H18F3NO. The lowest BCUT2D eigenvalue weighted by atomic mass is 9.93. The van der Waals surface area contributed by atoms with Gasteiger partial charge in [-0.3, -0.25) is 4.90 Å². The first-order valence-corrected chi connectivity index (χ1v) is 6.98. The highest BCUT2D eigenvalue weighted by Gasteiger charge is 2.42. The SMILES string of the molecule is OC1(Cc2cccc(C(F)(F)F)c2)CCN(C2CC2)C1. The number of hydrogen-bond acceptors (Lipinski definition) is 2. The normalized spacial score (nSPS) is 28.0. The smallest absolute Gasteiger partial charge is 0.388 e. The number of hydrogen-bond donors (Lipinski definition) is 1. The van der Waals surface area contributed by atoms with Gasteiger partial charge in [-0.1, -0.05) is 18.2 Å². The molecule has 2 nitrogen and oxygen atoms in total. The molecule has 1 heterocycles. The van der Waals surface area contributed by atoms with Crippen molar-refractivity contribution in [2.45, 2.75) is 43.5 Å². The van der Waals surface area contributed by atoms with Gasteiger partial charge in [0.25, 0.3) is 0 Å². The van der Waals surface area contributed by atoms with Crippen molar-refractivity contribution in [1.82, 2.24) is 4.90 Å². The summed E-state index contributed by atoms with van der Waals surface area (Å²) in [5, 5.41) is 10.6. The van der Waals surface area contributed by atoms with Crippen molar-refractivity contribution in [3.8, 4) is 0 Å². The van der Waals surface area contributed by atoms with Crippen LogP contribution < -0.4 is 0 Å². The summed E-state index contributed by atoms with van der Waals surface area (Å²) >= 11 is 0. The Bertz CT molecular complexity index is 498. The van der Waals surface area contributed by atoms with Crippen molar-refractivity contribution in [3.63, 3.8) is 0 Å². The first-order chi connectivity index (χ1) is 9.36. The average molecular weight is 285 g/mol. The molecule has 1 unspecified atom stereocenters. The molecule has 2 aliphatic rings. The van der Waals surface area contributed by atoms with Gasteiger partial charge in [0.05, 0.1) is 11.2 Å². The van der Waals surface area contributed by atoms with E-state index >= 15 is 0 Å². The molecule has 0 amide bonds. The minimum absolute atomic E-state index is 0.292. The molecule has 2 fully saturated rings. The molecule has 1 aromatic carbocycles. The standard InChI is InChI=1S/C15H18F3NO/c16-15(17,18)12-3-1-2-11(8-12)9-14(20)6-7-19(10-14)13-4-5-13/h1-3,8,13,20H,4-7,9-10H2. The van der Waals surface area contributed by atoms with Crippen molar-refractivity contribution in [3.05, 3.63) is 35.4 Å². The molecule has 20 heavy (non-hydrogen) atoms. The van der Waals surface area contributed by atoms with Crippen molar-refractivity contribution >= 4 is 0 Å². The molecule has 0 spiro atoms. The van der Waals surface area contributed by atoms with Crippen LogP contribution in [0.3, 0.4) is 0 Å². The van der Waals surface area contributed by atoms with Gasteiger partial charge in [0.2, 0.25) is 0 Å². The Labute approximate surface area is 116 Å². The summed E-state index contributed by atoms with van der Waals surface area (Å²) in [5.41, 5.74) is -0.970. The van der Waals surface area contributed by atoms with E-state index in [1.165, 1.54) is 18.9 Å². The van der Waals surface area contributed by atoms with Gasteiger partial charge in [-0.25, -0.2) is 0 Å². The van der Waals surface area contributed by atoms with E-state index in [9.17, 15) is 18.3 Å². The highest BCUT2D eigenvalue weighted by molar-refractivity contribution is 5.27. The fraction of sp³-hybridized carbons (Fsp3) is 0.600. The third-order valence-corrected chi connectivity index (χ3v) is 4.21. The summed E-state index contributed by atoms with van der Waals surface area (Å²) in [7, 11) is 0. The van der Waals surface area contributed by atoms with Gasteiger partial charge in [-0.2, -0.15) is 13.2 Å². The van der Waals surface area contributed by atoms with E-state index < -0.39 is 17.3 Å². The van der Waals surface area contributed by atoms with E-state index in [1.807, 2.05) is 0 Å². The number of halogens is 3. The van der Waals surface area contributed by atoms with Crippen molar-refractivity contribution in [2.75, 3.05) is 13.1 Å². The molecule has 0 radical (unpaired) electrons. The second kappa shape index (κ2) is 4.74. The van der Waals surface area contributed by atoms with Gasteiger partial charge >= 0.3 is 6.18 Å². The summed E-state index contributed by atoms with van der Waals surface area (Å²) in [6.07, 6.45) is -1.03. The third-order valence-electron chi connectivity index (χ3n) is 4.21. The van der Waals surface area contributed by atoms with Crippen LogP contribution in [0, 0.1) is 0 Å². The number of β-amino-alcohol motifs (C(OH)–C–C–N with tert-alkyl or cyclic N) is 1. The highest BCUT2D eigenvalue weighted by Crippen LogP contribution is 2.35. The minimum Gasteiger partial charge on any atom is -0.388 e. The Morgan fingerprint density at radius 2 is 2.05 bits per heavy atom. The van der Waals surface area contributed by atoms with E-state index in [2.05, 4.69) is 4.90 Å². The summed E-state index contributed by atoms with van der Waals surface area (Å²) in [5.74, 6) is 0. The summed E-state index contributed by atoms with van der Waals surface area (Å²) < 4.78 is 38.0. The number of likely N-dealkylation sites (tertiary alicyclic amines) is 1. The molecule has 1 atom stereocenters. The van der Waals surface area contributed by atoms with Gasteiger partial charge in [0.15, 0.2) is 0 Å². The quantitative estimate of drug-likeness (QED) is 0.923. The topological polar surface area (TPSA) is 23.5 Å². The fourth-order valence-electron chi connectivity index (χ4n) is 3.02. The van der Waals surface area contributed by atoms with Crippen LogP contribution in [-0.2, 0) is 12.6 Å². The molecule has 1 aliphatic carbocycles. The largest absolute Gasteiger partial charge is 0.416 e.